The van der Waals surface area contributed by atoms with Crippen LogP contribution in [-0.4, -0.2) is 95.9 Å². The number of carbonyl (C=O) groups excluding carboxylic acids is 3. The van der Waals surface area contributed by atoms with Crippen molar-refractivity contribution in [2.24, 2.45) is 0 Å². The third kappa shape index (κ3) is 78.6. The number of esters is 3. The molecular weight excluding hydrogens is 1340 g/mol. The minimum Gasteiger partial charge on any atom is -0.463 e. The number of phosphoric acid groups is 2. The van der Waals surface area contributed by atoms with E-state index in [1.54, 1.807) is 0 Å². The molecule has 0 aromatic rings. The largest absolute Gasteiger partial charge is 0.472 e. The van der Waals surface area contributed by atoms with Crippen molar-refractivity contribution in [1.82, 2.24) is 0 Å². The van der Waals surface area contributed by atoms with Crippen LogP contribution in [-0.2, 0) is 55.8 Å². The van der Waals surface area contributed by atoms with Crippen molar-refractivity contribution in [3.63, 3.8) is 0 Å². The highest BCUT2D eigenvalue weighted by molar-refractivity contribution is 7.47. The van der Waals surface area contributed by atoms with Gasteiger partial charge >= 0.3 is 33.6 Å². The number of aliphatic hydroxyl groups is 2. The topological polar surface area (TPSA) is 231 Å². The van der Waals surface area contributed by atoms with E-state index in [0.29, 0.717) is 19.3 Å². The first-order valence-electron chi connectivity index (χ1n) is 40.5. The molecule has 0 heterocycles. The second-order valence-electron chi connectivity index (χ2n) is 26.8. The fraction of sp³-hybridized carbons (Fsp3) is 0.706. The van der Waals surface area contributed by atoms with Gasteiger partial charge in [0.1, 0.15) is 25.4 Å². The monoisotopic (exact) mass is 1490 g/mol. The second kappa shape index (κ2) is 77.3. The first kappa shape index (κ1) is 98.7. The number of phosphoric ester groups is 2. The Kier molecular flexibility index (Phi) is 74.1. The Bertz CT molecular complexity index is 2410. The van der Waals surface area contributed by atoms with Crippen molar-refractivity contribution < 1.29 is 75.8 Å². The predicted molar refractivity (Wildman–Crippen MR) is 426 cm³/mol. The number of hydrogen-bond donors (Lipinski definition) is 4. The van der Waals surface area contributed by atoms with Crippen LogP contribution in [0.3, 0.4) is 0 Å². The van der Waals surface area contributed by atoms with Gasteiger partial charge in [0.15, 0.2) is 6.10 Å². The SMILES string of the molecule is CC/C=C\C/C=C\C/C=C\C/C=C\C/C=C\CCCCCCCCCCCCCCCCCC(=O)OCC(O)COP(=O)(O)OCC(O)COP(=O)(O)OCC(COC(=O)CCCCCCCCC/C=C\C/C=C\C/C=C\C/C=C\CCCCC)OC(=O)CCCCCCC/C=C\C/C=C\CCC. The van der Waals surface area contributed by atoms with Crippen LogP contribution in [0.5, 0.6) is 0 Å². The smallest absolute Gasteiger partial charge is 0.463 e. The molecule has 4 N–H and O–H groups in total. The van der Waals surface area contributed by atoms with Gasteiger partial charge < -0.3 is 34.2 Å². The molecule has 0 rings (SSSR count). The maximum Gasteiger partial charge on any atom is 0.472 e. The molecular formula is C85H146O16P2. The summed E-state index contributed by atoms with van der Waals surface area (Å²) >= 11 is 0. The summed E-state index contributed by atoms with van der Waals surface area (Å²) in [5, 5.41) is 20.6. The minimum atomic E-state index is -4.94. The Balaban J connectivity index is 4.47. The summed E-state index contributed by atoms with van der Waals surface area (Å²) in [6.45, 7) is 2.46. The molecule has 0 bridgehead atoms. The van der Waals surface area contributed by atoms with Gasteiger partial charge in [-0.2, -0.15) is 0 Å². The lowest BCUT2D eigenvalue weighted by Gasteiger charge is -2.21. The summed E-state index contributed by atoms with van der Waals surface area (Å²) in [6.07, 6.45) is 93.7. The van der Waals surface area contributed by atoms with Crippen LogP contribution in [0.1, 0.15) is 329 Å². The first-order valence-corrected chi connectivity index (χ1v) is 43.5. The van der Waals surface area contributed by atoms with Crippen molar-refractivity contribution >= 4 is 33.6 Å². The molecule has 18 heteroatoms. The molecule has 0 spiro atoms. The first-order chi connectivity index (χ1) is 50.2. The quantitative estimate of drug-likeness (QED) is 0.0146. The molecule has 0 amide bonds. The van der Waals surface area contributed by atoms with E-state index in [1.165, 1.54) is 103 Å². The van der Waals surface area contributed by atoms with E-state index < -0.39 is 91.5 Å². The van der Waals surface area contributed by atoms with Gasteiger partial charge in [0.25, 0.3) is 0 Å². The molecule has 0 aromatic heterocycles. The second-order valence-corrected chi connectivity index (χ2v) is 29.7. The maximum atomic E-state index is 12.9. The molecule has 0 aliphatic carbocycles. The Hall–Kier alpha value is -4.31. The van der Waals surface area contributed by atoms with Crippen molar-refractivity contribution in [3.05, 3.63) is 134 Å². The zero-order chi connectivity index (χ0) is 75.2. The van der Waals surface area contributed by atoms with E-state index in [9.17, 15) is 43.5 Å². The highest BCUT2D eigenvalue weighted by atomic mass is 31.2. The summed E-state index contributed by atoms with van der Waals surface area (Å²) in [5.74, 6) is -1.60. The van der Waals surface area contributed by atoms with Gasteiger partial charge in [-0.25, -0.2) is 9.13 Å². The van der Waals surface area contributed by atoms with E-state index in [0.717, 1.165) is 167 Å². The van der Waals surface area contributed by atoms with Crippen LogP contribution in [0.25, 0.3) is 0 Å². The van der Waals surface area contributed by atoms with E-state index >= 15 is 0 Å². The fourth-order valence-electron chi connectivity index (χ4n) is 10.7. The Morgan fingerprint density at radius 2 is 0.534 bits per heavy atom. The molecule has 0 saturated heterocycles. The third-order valence-corrected chi connectivity index (χ3v) is 18.7. The van der Waals surface area contributed by atoms with Gasteiger partial charge in [-0.05, 0) is 135 Å². The summed E-state index contributed by atoms with van der Waals surface area (Å²) in [6, 6.07) is 0. The van der Waals surface area contributed by atoms with Crippen LogP contribution < -0.4 is 0 Å². The lowest BCUT2D eigenvalue weighted by atomic mass is 10.0. The molecule has 0 aromatic carbocycles. The molecule has 0 saturated carbocycles. The lowest BCUT2D eigenvalue weighted by molar-refractivity contribution is -0.161. The molecule has 592 valence electrons. The van der Waals surface area contributed by atoms with Crippen LogP contribution in [0, 0.1) is 0 Å². The number of hydrogen-bond acceptors (Lipinski definition) is 14. The molecule has 16 nitrogen and oxygen atoms in total. The standard InChI is InChI=1S/C85H146O16P2/c1-4-7-10-13-16-19-22-25-27-29-31-33-35-36-37-38-39-40-41-42-44-46-47-49-51-54-56-59-62-65-68-71-83(88)95-74-80(86)75-97-102(91,92)98-76-81(87)77-99-103(93,94)100-79-82(101-85(90)73-70-67-64-61-58-53-24-21-18-15-12-9-6-3)78-96-84(89)72-69-66-63-60-57-55-52-50-48-45-43-34-32-30-28-26-23-20-17-14-11-8-5-2/h7,10,12,15-17,19-21,24-28,31-34,36-37,45,48,80-82,86-87H,4-6,8-9,11,13-14,18,22-23,29-30,35,38-44,46-47,49-79H2,1-3H3,(H,91,92)(H,93,94)/b10-7-,15-12-,19-16-,20-17-,24-21-,27-25-,28-26-,33-31-,34-32-,37-36-,48-45-. The van der Waals surface area contributed by atoms with Crippen molar-refractivity contribution in [2.75, 3.05) is 39.6 Å². The predicted octanol–water partition coefficient (Wildman–Crippen LogP) is 23.9. The zero-order valence-corrected chi connectivity index (χ0v) is 66.5. The number of carbonyl (C=O) groups is 3. The Labute approximate surface area is 626 Å². The number of rotatable bonds is 76. The van der Waals surface area contributed by atoms with Gasteiger partial charge in [-0.3, -0.25) is 32.5 Å². The fourth-order valence-corrected chi connectivity index (χ4v) is 12.3. The average Bonchev–Trinajstić information content (AvgIpc) is 0.914. The molecule has 0 radical (unpaired) electrons. The molecule has 0 aliphatic heterocycles. The highest BCUT2D eigenvalue weighted by Gasteiger charge is 2.29. The zero-order valence-electron chi connectivity index (χ0n) is 64.7. The summed E-state index contributed by atoms with van der Waals surface area (Å²) in [5.41, 5.74) is 0. The maximum absolute atomic E-state index is 12.9. The van der Waals surface area contributed by atoms with Gasteiger partial charge in [0, 0.05) is 19.3 Å². The normalized spacial score (nSPS) is 14.7. The number of ether oxygens (including phenoxy) is 3. The minimum absolute atomic E-state index is 0.0837. The van der Waals surface area contributed by atoms with Crippen LogP contribution >= 0.6 is 15.6 Å². The van der Waals surface area contributed by atoms with Crippen LogP contribution in [0.15, 0.2) is 134 Å². The van der Waals surface area contributed by atoms with Crippen molar-refractivity contribution in [2.45, 2.75) is 347 Å². The number of unbranched alkanes of at least 4 members (excludes halogenated alkanes) is 31. The number of allylic oxidation sites excluding steroid dienone is 22. The molecule has 5 atom stereocenters. The molecule has 0 aliphatic rings. The van der Waals surface area contributed by atoms with Crippen molar-refractivity contribution in [1.29, 1.82) is 0 Å². The summed E-state index contributed by atoms with van der Waals surface area (Å²) in [4.78, 5) is 58.6. The summed E-state index contributed by atoms with van der Waals surface area (Å²) in [7, 11) is -9.80. The van der Waals surface area contributed by atoms with E-state index in [1.807, 2.05) is 0 Å². The van der Waals surface area contributed by atoms with E-state index in [-0.39, 0.29) is 19.3 Å². The highest BCUT2D eigenvalue weighted by Crippen LogP contribution is 2.45. The molecule has 0 fully saturated rings. The van der Waals surface area contributed by atoms with Gasteiger partial charge in [-0.15, -0.1) is 0 Å². The Morgan fingerprint density at radius 1 is 0.282 bits per heavy atom. The summed E-state index contributed by atoms with van der Waals surface area (Å²) < 4.78 is 61.1. The van der Waals surface area contributed by atoms with Gasteiger partial charge in [0.2, 0.25) is 0 Å². The average molecular weight is 1490 g/mol. The molecule has 103 heavy (non-hydrogen) atoms. The van der Waals surface area contributed by atoms with Gasteiger partial charge in [-0.1, -0.05) is 309 Å². The van der Waals surface area contributed by atoms with Gasteiger partial charge in [0.05, 0.1) is 26.4 Å². The number of aliphatic hydroxyl groups excluding tert-OH is 2. The van der Waals surface area contributed by atoms with E-state index in [2.05, 4.69) is 154 Å². The third-order valence-electron chi connectivity index (χ3n) is 16.8. The molecule has 5 unspecified atom stereocenters. The van der Waals surface area contributed by atoms with Crippen LogP contribution in [0.2, 0.25) is 0 Å². The van der Waals surface area contributed by atoms with Crippen LogP contribution in [0.4, 0.5) is 0 Å². The van der Waals surface area contributed by atoms with E-state index in [4.69, 9.17) is 32.3 Å². The van der Waals surface area contributed by atoms with Crippen molar-refractivity contribution in [3.8, 4) is 0 Å². The Morgan fingerprint density at radius 3 is 0.854 bits per heavy atom. The lowest BCUT2D eigenvalue weighted by Crippen LogP contribution is -2.30.